The lowest BCUT2D eigenvalue weighted by Gasteiger charge is -2.23. The lowest BCUT2D eigenvalue weighted by molar-refractivity contribution is -0.123. The van der Waals surface area contributed by atoms with Crippen LogP contribution in [-0.2, 0) is 22.4 Å². The number of carbonyl (C=O) groups is 2. The highest BCUT2D eigenvalue weighted by Crippen LogP contribution is 2.24. The lowest BCUT2D eigenvalue weighted by Crippen LogP contribution is -2.49. The second-order valence-electron chi connectivity index (χ2n) is 7.93. The molecule has 5 N–H and O–H groups in total. The van der Waals surface area contributed by atoms with Crippen molar-refractivity contribution in [3.63, 3.8) is 0 Å². The number of rotatable bonds is 7. The lowest BCUT2D eigenvalue weighted by atomic mass is 10.0. The van der Waals surface area contributed by atoms with E-state index in [0.29, 0.717) is 6.42 Å². The van der Waals surface area contributed by atoms with Gasteiger partial charge >= 0.3 is 6.09 Å². The zero-order valence-electron chi connectivity index (χ0n) is 17.3. The Morgan fingerprint density at radius 3 is 2.20 bits per heavy atom. The fourth-order valence-electron chi connectivity index (χ4n) is 2.70. The number of phenolic OH excluding ortho intramolecular Hbond substituents is 3. The maximum atomic E-state index is 12.7. The van der Waals surface area contributed by atoms with Gasteiger partial charge in [0, 0.05) is 13.0 Å². The van der Waals surface area contributed by atoms with Gasteiger partial charge in [0.15, 0.2) is 11.5 Å². The van der Waals surface area contributed by atoms with Gasteiger partial charge in [-0.3, -0.25) is 4.79 Å². The number of carbonyl (C=O) groups excluding carboxylic acids is 2. The van der Waals surface area contributed by atoms with Crippen molar-refractivity contribution in [2.75, 3.05) is 6.54 Å². The molecule has 1 atom stereocenters. The van der Waals surface area contributed by atoms with Crippen molar-refractivity contribution >= 4 is 12.0 Å². The van der Waals surface area contributed by atoms with Crippen LogP contribution in [0.15, 0.2) is 42.5 Å². The van der Waals surface area contributed by atoms with Gasteiger partial charge in [0.25, 0.3) is 0 Å². The van der Waals surface area contributed by atoms with Gasteiger partial charge in [0.2, 0.25) is 5.91 Å². The van der Waals surface area contributed by atoms with Crippen molar-refractivity contribution in [3.05, 3.63) is 53.6 Å². The predicted molar refractivity (Wildman–Crippen MR) is 111 cm³/mol. The van der Waals surface area contributed by atoms with Gasteiger partial charge < -0.3 is 30.7 Å². The molecule has 8 heteroatoms. The van der Waals surface area contributed by atoms with Crippen LogP contribution in [0.3, 0.4) is 0 Å². The number of amides is 2. The second-order valence-corrected chi connectivity index (χ2v) is 7.93. The van der Waals surface area contributed by atoms with Crippen molar-refractivity contribution < 1.29 is 29.6 Å². The summed E-state index contributed by atoms with van der Waals surface area (Å²) in [5, 5.41) is 33.7. The summed E-state index contributed by atoms with van der Waals surface area (Å²) in [6.07, 6.45) is -0.0616. The Hall–Kier alpha value is -3.42. The second kappa shape index (κ2) is 9.87. The third-order valence-corrected chi connectivity index (χ3v) is 4.14. The van der Waals surface area contributed by atoms with E-state index in [0.717, 1.165) is 11.1 Å². The number of benzene rings is 2. The molecule has 0 aliphatic heterocycles. The van der Waals surface area contributed by atoms with Gasteiger partial charge in [0.1, 0.15) is 17.4 Å². The van der Waals surface area contributed by atoms with Crippen LogP contribution < -0.4 is 10.6 Å². The third kappa shape index (κ3) is 7.54. The van der Waals surface area contributed by atoms with E-state index in [9.17, 15) is 24.9 Å². The summed E-state index contributed by atoms with van der Waals surface area (Å²) < 4.78 is 5.25. The molecule has 0 fully saturated rings. The van der Waals surface area contributed by atoms with Crippen molar-refractivity contribution in [2.45, 2.75) is 45.3 Å². The highest BCUT2D eigenvalue weighted by atomic mass is 16.6. The van der Waals surface area contributed by atoms with Crippen LogP contribution in [0, 0.1) is 0 Å². The van der Waals surface area contributed by atoms with E-state index in [4.69, 9.17) is 4.74 Å². The molecule has 8 nitrogen and oxygen atoms in total. The van der Waals surface area contributed by atoms with Crippen LogP contribution in [0.4, 0.5) is 4.79 Å². The Labute approximate surface area is 175 Å². The quantitative estimate of drug-likeness (QED) is 0.442. The van der Waals surface area contributed by atoms with Crippen LogP contribution in [0.25, 0.3) is 0 Å². The third-order valence-electron chi connectivity index (χ3n) is 4.14. The van der Waals surface area contributed by atoms with E-state index >= 15 is 0 Å². The average molecular weight is 416 g/mol. The molecule has 0 saturated heterocycles. The molecule has 0 aliphatic carbocycles. The molecule has 0 radical (unpaired) electrons. The van der Waals surface area contributed by atoms with Gasteiger partial charge in [-0.2, -0.15) is 0 Å². The van der Waals surface area contributed by atoms with Crippen LogP contribution in [0.5, 0.6) is 17.2 Å². The number of hydrogen-bond acceptors (Lipinski definition) is 6. The zero-order valence-corrected chi connectivity index (χ0v) is 17.3. The van der Waals surface area contributed by atoms with Crippen LogP contribution in [0.1, 0.15) is 31.9 Å². The molecule has 0 aliphatic rings. The maximum Gasteiger partial charge on any atom is 0.408 e. The summed E-state index contributed by atoms with van der Waals surface area (Å²) in [6, 6.07) is 9.94. The first kappa shape index (κ1) is 22.9. The number of hydrogen-bond donors (Lipinski definition) is 5. The summed E-state index contributed by atoms with van der Waals surface area (Å²) in [5.74, 6) is -0.720. The highest BCUT2D eigenvalue weighted by molar-refractivity contribution is 5.86. The van der Waals surface area contributed by atoms with E-state index in [1.807, 2.05) is 0 Å². The molecule has 2 aromatic rings. The molecule has 162 valence electrons. The minimum atomic E-state index is -0.877. The van der Waals surface area contributed by atoms with Gasteiger partial charge in [-0.1, -0.05) is 18.2 Å². The van der Waals surface area contributed by atoms with Gasteiger partial charge in [0.05, 0.1) is 0 Å². The number of phenols is 3. The number of ether oxygens (including phenoxy) is 1. The summed E-state index contributed by atoms with van der Waals surface area (Å²) in [6.45, 7) is 5.46. The molecule has 2 rings (SSSR count). The fourth-order valence-corrected chi connectivity index (χ4v) is 2.70. The Morgan fingerprint density at radius 2 is 1.60 bits per heavy atom. The topological polar surface area (TPSA) is 128 Å². The van der Waals surface area contributed by atoms with Crippen molar-refractivity contribution in [1.82, 2.24) is 10.6 Å². The maximum absolute atomic E-state index is 12.7. The standard InChI is InChI=1S/C22H28N2O6/c1-22(2,3)30-21(29)24-17(12-14-4-7-16(25)8-5-14)20(28)23-11-10-15-6-9-18(26)19(27)13-15/h4-9,13,17,25-27H,10-12H2,1-3H3,(H,23,28)(H,24,29)/t17-/m0/s1. The van der Waals surface area contributed by atoms with Gasteiger partial charge in [-0.25, -0.2) is 4.79 Å². The molecule has 2 aromatic carbocycles. The molecule has 30 heavy (non-hydrogen) atoms. The Balaban J connectivity index is 2.01. The molecular weight excluding hydrogens is 388 g/mol. The summed E-state index contributed by atoms with van der Waals surface area (Å²) in [4.78, 5) is 24.9. The minimum Gasteiger partial charge on any atom is -0.508 e. The predicted octanol–water partition coefficient (Wildman–Crippen LogP) is 2.60. The first-order valence-corrected chi connectivity index (χ1v) is 9.59. The molecule has 2 amide bonds. The molecular formula is C22H28N2O6. The first-order valence-electron chi connectivity index (χ1n) is 9.59. The molecule has 0 bridgehead atoms. The molecule has 0 spiro atoms. The Morgan fingerprint density at radius 1 is 0.967 bits per heavy atom. The van der Waals surface area contributed by atoms with Crippen LogP contribution in [-0.4, -0.2) is 45.5 Å². The summed E-state index contributed by atoms with van der Waals surface area (Å²) >= 11 is 0. The normalized spacial score (nSPS) is 12.1. The van der Waals surface area contributed by atoms with E-state index in [1.165, 1.54) is 24.3 Å². The molecule has 0 heterocycles. The van der Waals surface area contributed by atoms with E-state index in [-0.39, 0.29) is 30.2 Å². The molecule has 0 aromatic heterocycles. The monoisotopic (exact) mass is 416 g/mol. The van der Waals surface area contributed by atoms with E-state index in [1.54, 1.807) is 39.0 Å². The van der Waals surface area contributed by atoms with Gasteiger partial charge in [-0.15, -0.1) is 0 Å². The van der Waals surface area contributed by atoms with Crippen molar-refractivity contribution in [3.8, 4) is 17.2 Å². The fraction of sp³-hybridized carbons (Fsp3) is 0.364. The summed E-state index contributed by atoms with van der Waals surface area (Å²) in [5.41, 5.74) is 0.790. The number of alkyl carbamates (subject to hydrolysis) is 1. The van der Waals surface area contributed by atoms with Gasteiger partial charge in [-0.05, 0) is 62.6 Å². The number of nitrogens with one attached hydrogen (secondary N) is 2. The first-order chi connectivity index (χ1) is 14.0. The zero-order chi connectivity index (χ0) is 22.3. The summed E-state index contributed by atoms with van der Waals surface area (Å²) in [7, 11) is 0. The van der Waals surface area contributed by atoms with Crippen LogP contribution >= 0.6 is 0 Å². The van der Waals surface area contributed by atoms with Crippen LogP contribution in [0.2, 0.25) is 0 Å². The molecule has 0 saturated carbocycles. The van der Waals surface area contributed by atoms with Crippen molar-refractivity contribution in [2.24, 2.45) is 0 Å². The number of aromatic hydroxyl groups is 3. The van der Waals surface area contributed by atoms with E-state index < -0.39 is 23.6 Å². The molecule has 0 unspecified atom stereocenters. The average Bonchev–Trinajstić information content (AvgIpc) is 2.64. The van der Waals surface area contributed by atoms with Crippen molar-refractivity contribution in [1.29, 1.82) is 0 Å². The highest BCUT2D eigenvalue weighted by Gasteiger charge is 2.24. The van der Waals surface area contributed by atoms with E-state index in [2.05, 4.69) is 10.6 Å². The Kier molecular flexibility index (Phi) is 7.52. The largest absolute Gasteiger partial charge is 0.508 e. The Bertz CT molecular complexity index is 874. The smallest absolute Gasteiger partial charge is 0.408 e. The SMILES string of the molecule is CC(C)(C)OC(=O)N[C@@H](Cc1ccc(O)cc1)C(=O)NCCc1ccc(O)c(O)c1. The minimum absolute atomic E-state index is 0.108.